The van der Waals surface area contributed by atoms with E-state index >= 15 is 0 Å². The van der Waals surface area contributed by atoms with E-state index in [0.717, 1.165) is 11.3 Å². The molecule has 1 aromatic heterocycles. The molecule has 0 saturated carbocycles. The summed E-state index contributed by atoms with van der Waals surface area (Å²) in [5.74, 6) is 0.356. The van der Waals surface area contributed by atoms with Gasteiger partial charge in [0, 0.05) is 17.4 Å². The third-order valence-corrected chi connectivity index (χ3v) is 3.12. The number of aromatic nitrogens is 2. The number of amides is 1. The molecule has 0 unspecified atom stereocenters. The number of rotatable bonds is 4. The molecule has 3 rings (SSSR count). The van der Waals surface area contributed by atoms with Crippen LogP contribution in [0.2, 0.25) is 0 Å². The second-order valence-corrected chi connectivity index (χ2v) is 4.68. The summed E-state index contributed by atoms with van der Waals surface area (Å²) in [4.78, 5) is 20.2. The summed E-state index contributed by atoms with van der Waals surface area (Å²) in [5, 5.41) is 3.11. The molecular formula is C17H14N4O. The zero-order valence-corrected chi connectivity index (χ0v) is 11.7. The van der Waals surface area contributed by atoms with Crippen molar-refractivity contribution < 1.29 is 4.79 Å². The van der Waals surface area contributed by atoms with E-state index in [1.54, 1.807) is 0 Å². The van der Waals surface area contributed by atoms with Crippen molar-refractivity contribution in [1.29, 1.82) is 0 Å². The second-order valence-electron chi connectivity index (χ2n) is 4.68. The highest BCUT2D eigenvalue weighted by Gasteiger charge is 2.13. The Balaban J connectivity index is 2.03. The highest BCUT2D eigenvalue weighted by molar-refractivity contribution is 5.98. The summed E-state index contributed by atoms with van der Waals surface area (Å²) in [6.07, 6.45) is 1.45. The molecule has 2 aromatic carbocycles. The van der Waals surface area contributed by atoms with Crippen molar-refractivity contribution in [3.63, 3.8) is 0 Å². The van der Waals surface area contributed by atoms with Crippen molar-refractivity contribution >= 4 is 17.4 Å². The molecule has 0 fully saturated rings. The van der Waals surface area contributed by atoms with Crippen LogP contribution in [-0.4, -0.2) is 15.9 Å². The summed E-state index contributed by atoms with van der Waals surface area (Å²) in [6.45, 7) is 0. The Hall–Kier alpha value is -3.21. The van der Waals surface area contributed by atoms with Crippen molar-refractivity contribution in [2.45, 2.75) is 0 Å². The zero-order chi connectivity index (χ0) is 15.4. The highest BCUT2D eigenvalue weighted by atomic mass is 16.1. The first-order valence-corrected chi connectivity index (χ1v) is 6.78. The van der Waals surface area contributed by atoms with Crippen LogP contribution < -0.4 is 11.1 Å². The SMILES string of the molecule is NC(=O)c1cnc(-c2ccccc2)nc1Nc1ccccc1. The largest absolute Gasteiger partial charge is 0.365 e. The van der Waals surface area contributed by atoms with Crippen LogP contribution in [0.1, 0.15) is 10.4 Å². The standard InChI is InChI=1S/C17H14N4O/c18-15(22)14-11-19-16(12-7-3-1-4-8-12)21-17(14)20-13-9-5-2-6-10-13/h1-11H,(H2,18,22)(H,19,20,21). The fourth-order valence-electron chi connectivity index (χ4n) is 2.04. The predicted octanol–water partition coefficient (Wildman–Crippen LogP) is 2.99. The minimum absolute atomic E-state index is 0.253. The van der Waals surface area contributed by atoms with Gasteiger partial charge in [0.1, 0.15) is 11.4 Å². The van der Waals surface area contributed by atoms with Crippen LogP contribution in [0.3, 0.4) is 0 Å². The quantitative estimate of drug-likeness (QED) is 0.774. The van der Waals surface area contributed by atoms with E-state index in [1.165, 1.54) is 6.20 Å². The maximum absolute atomic E-state index is 11.6. The number of carbonyl (C=O) groups excluding carboxylic acids is 1. The Morgan fingerprint density at radius 2 is 1.59 bits per heavy atom. The van der Waals surface area contributed by atoms with Crippen LogP contribution in [0.4, 0.5) is 11.5 Å². The van der Waals surface area contributed by atoms with Crippen LogP contribution in [-0.2, 0) is 0 Å². The molecule has 0 aliphatic rings. The number of benzene rings is 2. The molecular weight excluding hydrogens is 276 g/mol. The molecule has 3 aromatic rings. The van der Waals surface area contributed by atoms with Crippen molar-refractivity contribution in [3.8, 4) is 11.4 Å². The Bertz CT molecular complexity index is 788. The van der Waals surface area contributed by atoms with Gasteiger partial charge in [-0.15, -0.1) is 0 Å². The fourth-order valence-corrected chi connectivity index (χ4v) is 2.04. The first-order chi connectivity index (χ1) is 10.7. The minimum atomic E-state index is -0.571. The monoisotopic (exact) mass is 290 g/mol. The smallest absolute Gasteiger partial charge is 0.254 e. The van der Waals surface area contributed by atoms with Crippen LogP contribution in [0, 0.1) is 0 Å². The maximum Gasteiger partial charge on any atom is 0.254 e. The summed E-state index contributed by atoms with van der Waals surface area (Å²) < 4.78 is 0. The number of hydrogen-bond donors (Lipinski definition) is 2. The van der Waals surface area contributed by atoms with Gasteiger partial charge in [0.2, 0.25) is 0 Å². The number of nitrogens with one attached hydrogen (secondary N) is 1. The zero-order valence-electron chi connectivity index (χ0n) is 11.7. The van der Waals surface area contributed by atoms with Crippen LogP contribution >= 0.6 is 0 Å². The number of anilines is 2. The number of nitrogens with two attached hydrogens (primary N) is 1. The van der Waals surface area contributed by atoms with Gasteiger partial charge in [-0.2, -0.15) is 0 Å². The Kier molecular flexibility index (Phi) is 3.78. The van der Waals surface area contributed by atoms with Gasteiger partial charge in [0.15, 0.2) is 5.82 Å². The molecule has 5 nitrogen and oxygen atoms in total. The van der Waals surface area contributed by atoms with Crippen LogP contribution in [0.15, 0.2) is 66.9 Å². The van der Waals surface area contributed by atoms with E-state index in [1.807, 2.05) is 60.7 Å². The third kappa shape index (κ3) is 2.93. The van der Waals surface area contributed by atoms with Gasteiger partial charge >= 0.3 is 0 Å². The molecule has 1 amide bonds. The van der Waals surface area contributed by atoms with E-state index in [0.29, 0.717) is 11.6 Å². The molecule has 0 atom stereocenters. The molecule has 22 heavy (non-hydrogen) atoms. The lowest BCUT2D eigenvalue weighted by Crippen LogP contribution is -2.15. The number of para-hydroxylation sites is 1. The van der Waals surface area contributed by atoms with Gasteiger partial charge in [-0.05, 0) is 12.1 Å². The fraction of sp³-hybridized carbons (Fsp3) is 0. The summed E-state index contributed by atoms with van der Waals surface area (Å²) in [6, 6.07) is 19.0. The van der Waals surface area contributed by atoms with E-state index in [9.17, 15) is 4.79 Å². The number of carbonyl (C=O) groups is 1. The average molecular weight is 290 g/mol. The number of hydrogen-bond acceptors (Lipinski definition) is 4. The van der Waals surface area contributed by atoms with Crippen molar-refractivity contribution in [3.05, 3.63) is 72.4 Å². The van der Waals surface area contributed by atoms with Crippen molar-refractivity contribution in [1.82, 2.24) is 9.97 Å². The summed E-state index contributed by atoms with van der Waals surface area (Å²) in [7, 11) is 0. The summed E-state index contributed by atoms with van der Waals surface area (Å²) in [5.41, 5.74) is 7.34. The molecule has 0 saturated heterocycles. The van der Waals surface area contributed by atoms with E-state index in [2.05, 4.69) is 15.3 Å². The second kappa shape index (κ2) is 6.05. The Labute approximate surface area is 127 Å². The van der Waals surface area contributed by atoms with Gasteiger partial charge in [0.25, 0.3) is 5.91 Å². The van der Waals surface area contributed by atoms with Gasteiger partial charge < -0.3 is 11.1 Å². The van der Waals surface area contributed by atoms with Gasteiger partial charge in [-0.25, -0.2) is 9.97 Å². The molecule has 0 radical (unpaired) electrons. The molecule has 108 valence electrons. The van der Waals surface area contributed by atoms with Crippen LogP contribution in [0.5, 0.6) is 0 Å². The lowest BCUT2D eigenvalue weighted by molar-refractivity contribution is 0.100. The summed E-state index contributed by atoms with van der Waals surface area (Å²) >= 11 is 0. The first kappa shape index (κ1) is 13.8. The maximum atomic E-state index is 11.6. The first-order valence-electron chi connectivity index (χ1n) is 6.78. The van der Waals surface area contributed by atoms with Gasteiger partial charge in [-0.1, -0.05) is 48.5 Å². The van der Waals surface area contributed by atoms with Crippen molar-refractivity contribution in [2.75, 3.05) is 5.32 Å². The highest BCUT2D eigenvalue weighted by Crippen LogP contribution is 2.22. The van der Waals surface area contributed by atoms with Gasteiger partial charge in [-0.3, -0.25) is 4.79 Å². The molecule has 3 N–H and O–H groups in total. The molecule has 0 aliphatic carbocycles. The molecule has 1 heterocycles. The number of primary amides is 1. The molecule has 0 bridgehead atoms. The van der Waals surface area contributed by atoms with Gasteiger partial charge in [0.05, 0.1) is 0 Å². The predicted molar refractivity (Wildman–Crippen MR) is 85.7 cm³/mol. The molecule has 0 spiro atoms. The average Bonchev–Trinajstić information content (AvgIpc) is 2.56. The topological polar surface area (TPSA) is 80.9 Å². The van der Waals surface area contributed by atoms with E-state index in [4.69, 9.17) is 5.73 Å². The molecule has 5 heteroatoms. The normalized spacial score (nSPS) is 10.2. The lowest BCUT2D eigenvalue weighted by atomic mass is 10.2. The third-order valence-electron chi connectivity index (χ3n) is 3.12. The Morgan fingerprint density at radius 3 is 2.23 bits per heavy atom. The number of nitrogens with zero attached hydrogens (tertiary/aromatic N) is 2. The lowest BCUT2D eigenvalue weighted by Gasteiger charge is -2.10. The van der Waals surface area contributed by atoms with Crippen molar-refractivity contribution in [2.24, 2.45) is 5.73 Å². The van der Waals surface area contributed by atoms with E-state index < -0.39 is 5.91 Å². The van der Waals surface area contributed by atoms with E-state index in [-0.39, 0.29) is 5.56 Å². The Morgan fingerprint density at radius 1 is 0.955 bits per heavy atom. The molecule has 0 aliphatic heterocycles. The van der Waals surface area contributed by atoms with Crippen LogP contribution in [0.25, 0.3) is 11.4 Å². The minimum Gasteiger partial charge on any atom is -0.365 e.